The van der Waals surface area contributed by atoms with Crippen molar-refractivity contribution in [1.29, 1.82) is 0 Å². The molecule has 0 aliphatic heterocycles. The Labute approximate surface area is 115 Å². The van der Waals surface area contributed by atoms with E-state index in [4.69, 9.17) is 5.73 Å². The van der Waals surface area contributed by atoms with Gasteiger partial charge >= 0.3 is 0 Å². The Morgan fingerprint density at radius 3 is 2.37 bits per heavy atom. The summed E-state index contributed by atoms with van der Waals surface area (Å²) < 4.78 is 2.33. The first kappa shape index (κ1) is 13.9. The van der Waals surface area contributed by atoms with Crippen LogP contribution < -0.4 is 5.73 Å². The molecule has 3 heteroatoms. The molecule has 104 valence electrons. The van der Waals surface area contributed by atoms with E-state index >= 15 is 0 Å². The molecular weight excluding hydrogens is 234 g/mol. The summed E-state index contributed by atoms with van der Waals surface area (Å²) in [5.74, 6) is 3.08. The molecule has 1 heterocycles. The van der Waals surface area contributed by atoms with Crippen molar-refractivity contribution in [2.45, 2.75) is 41.2 Å². The molecule has 0 saturated heterocycles. The monoisotopic (exact) mass is 259 g/mol. The Hall–Kier alpha value is -1.51. The van der Waals surface area contributed by atoms with E-state index in [1.807, 2.05) is 12.1 Å². The molecule has 0 spiro atoms. The van der Waals surface area contributed by atoms with Gasteiger partial charge in [0.25, 0.3) is 0 Å². The maximum atomic E-state index is 5.83. The molecule has 0 radical (unpaired) electrons. The lowest BCUT2D eigenvalue weighted by molar-refractivity contribution is 0.253. The molecule has 2 N–H and O–H groups in total. The van der Waals surface area contributed by atoms with Gasteiger partial charge in [-0.25, -0.2) is 4.98 Å². The van der Waals surface area contributed by atoms with Gasteiger partial charge in [-0.3, -0.25) is 0 Å². The third-order valence-electron chi connectivity index (χ3n) is 4.07. The van der Waals surface area contributed by atoms with Crippen molar-refractivity contribution < 1.29 is 0 Å². The summed E-state index contributed by atoms with van der Waals surface area (Å²) in [6.07, 6.45) is 0. The largest absolute Gasteiger partial charge is 0.399 e. The van der Waals surface area contributed by atoms with Crippen LogP contribution in [0.2, 0.25) is 0 Å². The first-order chi connectivity index (χ1) is 8.90. The van der Waals surface area contributed by atoms with Crippen molar-refractivity contribution in [3.63, 3.8) is 0 Å². The third-order valence-corrected chi connectivity index (χ3v) is 4.07. The number of nitrogen functional groups attached to an aromatic ring is 1. The van der Waals surface area contributed by atoms with Crippen LogP contribution in [0.1, 0.15) is 33.5 Å². The van der Waals surface area contributed by atoms with Crippen LogP contribution in [0.5, 0.6) is 0 Å². The highest BCUT2D eigenvalue weighted by Crippen LogP contribution is 2.26. The predicted octanol–water partition coefficient (Wildman–Crippen LogP) is 3.86. The molecule has 2 aromatic rings. The lowest BCUT2D eigenvalue weighted by Gasteiger charge is -2.26. The lowest BCUT2D eigenvalue weighted by Crippen LogP contribution is -2.22. The Balaban J connectivity index is 2.42. The van der Waals surface area contributed by atoms with Gasteiger partial charge < -0.3 is 10.3 Å². The standard InChI is InChI=1S/C16H25N3/c1-10(2)14(11(3)4)9-19-12(5)18-15-8-13(17)6-7-16(15)19/h6-8,10-11,14H,9,17H2,1-5H3. The summed E-state index contributed by atoms with van der Waals surface area (Å²) in [5, 5.41) is 0. The summed E-state index contributed by atoms with van der Waals surface area (Å²) >= 11 is 0. The van der Waals surface area contributed by atoms with Crippen LogP contribution in [0.15, 0.2) is 18.2 Å². The molecule has 0 unspecified atom stereocenters. The minimum Gasteiger partial charge on any atom is -0.399 e. The fourth-order valence-electron chi connectivity index (χ4n) is 2.90. The van der Waals surface area contributed by atoms with Crippen LogP contribution >= 0.6 is 0 Å². The molecular formula is C16H25N3. The van der Waals surface area contributed by atoms with Crippen LogP contribution in [0.25, 0.3) is 11.0 Å². The summed E-state index contributed by atoms with van der Waals surface area (Å²) in [7, 11) is 0. The number of hydrogen-bond acceptors (Lipinski definition) is 2. The van der Waals surface area contributed by atoms with Gasteiger partial charge in [0, 0.05) is 12.2 Å². The summed E-state index contributed by atoms with van der Waals surface area (Å²) in [6, 6.07) is 6.00. The molecule has 0 saturated carbocycles. The Bertz CT molecular complexity index is 559. The smallest absolute Gasteiger partial charge is 0.106 e. The van der Waals surface area contributed by atoms with Gasteiger partial charge in [0.05, 0.1) is 11.0 Å². The van der Waals surface area contributed by atoms with Gasteiger partial charge in [-0.2, -0.15) is 0 Å². The van der Waals surface area contributed by atoms with Gasteiger partial charge in [0.2, 0.25) is 0 Å². The molecule has 0 fully saturated rings. The fourth-order valence-corrected chi connectivity index (χ4v) is 2.90. The van der Waals surface area contributed by atoms with Crippen LogP contribution in [-0.4, -0.2) is 9.55 Å². The maximum Gasteiger partial charge on any atom is 0.106 e. The number of anilines is 1. The molecule has 2 rings (SSSR count). The number of aromatic nitrogens is 2. The normalized spacial score (nSPS) is 12.2. The Kier molecular flexibility index (Phi) is 3.83. The Morgan fingerprint density at radius 2 is 1.79 bits per heavy atom. The van der Waals surface area contributed by atoms with Crippen molar-refractivity contribution >= 4 is 16.7 Å². The van der Waals surface area contributed by atoms with Crippen LogP contribution in [0.4, 0.5) is 5.69 Å². The molecule has 1 aromatic heterocycles. The average Bonchev–Trinajstić information content (AvgIpc) is 2.60. The quantitative estimate of drug-likeness (QED) is 0.847. The number of fused-ring (bicyclic) bond motifs is 1. The molecule has 19 heavy (non-hydrogen) atoms. The van der Waals surface area contributed by atoms with Crippen LogP contribution in [-0.2, 0) is 6.54 Å². The third kappa shape index (κ3) is 2.75. The molecule has 1 aromatic carbocycles. The first-order valence-electron chi connectivity index (χ1n) is 7.12. The predicted molar refractivity (Wildman–Crippen MR) is 82.0 cm³/mol. The van der Waals surface area contributed by atoms with Crippen molar-refractivity contribution in [2.75, 3.05) is 5.73 Å². The zero-order valence-electron chi connectivity index (χ0n) is 12.6. The molecule has 0 bridgehead atoms. The minimum atomic E-state index is 0.661. The number of aryl methyl sites for hydroxylation is 1. The van der Waals surface area contributed by atoms with Gasteiger partial charge in [0.15, 0.2) is 0 Å². The Morgan fingerprint density at radius 1 is 1.16 bits per heavy atom. The van der Waals surface area contributed by atoms with Crippen molar-refractivity contribution in [3.05, 3.63) is 24.0 Å². The summed E-state index contributed by atoms with van der Waals surface area (Å²) in [6.45, 7) is 12.3. The van der Waals surface area contributed by atoms with E-state index in [9.17, 15) is 0 Å². The number of hydrogen-bond donors (Lipinski definition) is 1. The molecule has 0 aliphatic carbocycles. The van der Waals surface area contributed by atoms with Gasteiger partial charge in [-0.15, -0.1) is 0 Å². The molecule has 3 nitrogen and oxygen atoms in total. The first-order valence-corrected chi connectivity index (χ1v) is 7.12. The molecule has 0 aliphatic rings. The van der Waals surface area contributed by atoms with E-state index in [0.717, 1.165) is 23.6 Å². The number of nitrogens with zero attached hydrogens (tertiary/aromatic N) is 2. The fraction of sp³-hybridized carbons (Fsp3) is 0.562. The number of rotatable bonds is 4. The van der Waals surface area contributed by atoms with E-state index in [1.54, 1.807) is 0 Å². The van der Waals surface area contributed by atoms with E-state index < -0.39 is 0 Å². The van der Waals surface area contributed by atoms with E-state index in [-0.39, 0.29) is 0 Å². The van der Waals surface area contributed by atoms with Crippen molar-refractivity contribution in [2.24, 2.45) is 17.8 Å². The average molecular weight is 259 g/mol. The van der Waals surface area contributed by atoms with Crippen LogP contribution in [0, 0.1) is 24.7 Å². The topological polar surface area (TPSA) is 43.8 Å². The van der Waals surface area contributed by atoms with E-state index in [1.165, 1.54) is 5.52 Å². The van der Waals surface area contributed by atoms with Gasteiger partial charge in [-0.05, 0) is 42.9 Å². The maximum absolute atomic E-state index is 5.83. The highest BCUT2D eigenvalue weighted by atomic mass is 15.1. The highest BCUT2D eigenvalue weighted by Gasteiger charge is 2.20. The second-order valence-electron chi connectivity index (χ2n) is 6.17. The highest BCUT2D eigenvalue weighted by molar-refractivity contribution is 5.79. The van der Waals surface area contributed by atoms with Crippen LogP contribution in [0.3, 0.4) is 0 Å². The lowest BCUT2D eigenvalue weighted by atomic mass is 9.85. The summed E-state index contributed by atoms with van der Waals surface area (Å²) in [4.78, 5) is 4.63. The number of benzene rings is 1. The molecule has 0 atom stereocenters. The van der Waals surface area contributed by atoms with E-state index in [0.29, 0.717) is 17.8 Å². The van der Waals surface area contributed by atoms with Gasteiger partial charge in [-0.1, -0.05) is 27.7 Å². The minimum absolute atomic E-state index is 0.661. The zero-order valence-corrected chi connectivity index (χ0v) is 12.6. The SMILES string of the molecule is Cc1nc2cc(N)ccc2n1CC(C(C)C)C(C)C. The van der Waals surface area contributed by atoms with E-state index in [2.05, 4.69) is 50.2 Å². The van der Waals surface area contributed by atoms with Crippen molar-refractivity contribution in [3.8, 4) is 0 Å². The van der Waals surface area contributed by atoms with Crippen molar-refractivity contribution in [1.82, 2.24) is 9.55 Å². The second-order valence-corrected chi connectivity index (χ2v) is 6.17. The summed E-state index contributed by atoms with van der Waals surface area (Å²) in [5.41, 5.74) is 8.81. The molecule has 0 amide bonds. The van der Waals surface area contributed by atoms with Gasteiger partial charge in [0.1, 0.15) is 5.82 Å². The number of nitrogens with two attached hydrogens (primary N) is 1. The zero-order chi connectivity index (χ0) is 14.2. The second kappa shape index (κ2) is 5.24. The number of imidazole rings is 1.